The molecule has 2 atom stereocenters. The number of benzene rings is 1. The molecule has 3 heteroatoms. The fourth-order valence-corrected chi connectivity index (χ4v) is 2.09. The highest BCUT2D eigenvalue weighted by molar-refractivity contribution is 6.36. The van der Waals surface area contributed by atoms with Crippen LogP contribution in [0, 0.1) is 0 Å². The van der Waals surface area contributed by atoms with E-state index in [1.54, 1.807) is 0 Å². The van der Waals surface area contributed by atoms with Gasteiger partial charge in [-0.25, -0.2) is 0 Å². The first kappa shape index (κ1) is 8.36. The minimum absolute atomic E-state index is 0.252. The zero-order valence-corrected chi connectivity index (χ0v) is 7.94. The summed E-state index contributed by atoms with van der Waals surface area (Å²) in [7, 11) is 0. The lowest BCUT2D eigenvalue weighted by Crippen LogP contribution is -2.01. The van der Waals surface area contributed by atoms with Crippen molar-refractivity contribution in [3.05, 3.63) is 33.8 Å². The van der Waals surface area contributed by atoms with E-state index in [0.29, 0.717) is 5.92 Å². The van der Waals surface area contributed by atoms with Gasteiger partial charge in [-0.05, 0) is 24.1 Å². The maximum atomic E-state index is 5.99. The van der Waals surface area contributed by atoms with E-state index in [1.165, 1.54) is 0 Å². The molecular formula is C9H9Cl2N. The van der Waals surface area contributed by atoms with Crippen LogP contribution < -0.4 is 5.73 Å². The van der Waals surface area contributed by atoms with Gasteiger partial charge in [0.15, 0.2) is 0 Å². The van der Waals surface area contributed by atoms with E-state index in [1.807, 2.05) is 18.2 Å². The van der Waals surface area contributed by atoms with E-state index in [2.05, 4.69) is 0 Å². The molecule has 1 aliphatic carbocycles. The molecule has 64 valence electrons. The normalized spacial score (nSPS) is 27.2. The van der Waals surface area contributed by atoms with Crippen molar-refractivity contribution >= 4 is 23.2 Å². The lowest BCUT2D eigenvalue weighted by molar-refractivity contribution is 0.991. The summed E-state index contributed by atoms with van der Waals surface area (Å²) in [6.07, 6.45) is 1.00. The first-order valence-corrected chi connectivity index (χ1v) is 4.65. The van der Waals surface area contributed by atoms with Gasteiger partial charge in [-0.1, -0.05) is 29.3 Å². The number of hydrogen-bond donors (Lipinski definition) is 1. The molecule has 1 saturated carbocycles. The summed E-state index contributed by atoms with van der Waals surface area (Å²) < 4.78 is 0. The van der Waals surface area contributed by atoms with Gasteiger partial charge in [-0.15, -0.1) is 0 Å². The third kappa shape index (κ3) is 1.33. The maximum Gasteiger partial charge on any atom is 0.0456 e. The highest BCUT2D eigenvalue weighted by Gasteiger charge is 2.37. The van der Waals surface area contributed by atoms with Gasteiger partial charge in [0.1, 0.15) is 0 Å². The number of hydrogen-bond acceptors (Lipinski definition) is 1. The molecule has 1 aliphatic rings. The van der Waals surface area contributed by atoms with Gasteiger partial charge in [0.2, 0.25) is 0 Å². The molecule has 0 aliphatic heterocycles. The Morgan fingerprint density at radius 3 is 2.17 bits per heavy atom. The van der Waals surface area contributed by atoms with E-state index < -0.39 is 0 Å². The molecule has 0 bridgehead atoms. The molecule has 0 unspecified atom stereocenters. The number of nitrogens with two attached hydrogens (primary N) is 1. The first-order valence-electron chi connectivity index (χ1n) is 3.89. The Labute approximate surface area is 81.5 Å². The quantitative estimate of drug-likeness (QED) is 0.744. The van der Waals surface area contributed by atoms with Gasteiger partial charge in [0, 0.05) is 22.0 Å². The minimum Gasteiger partial charge on any atom is -0.327 e. The van der Waals surface area contributed by atoms with Crippen LogP contribution in [-0.4, -0.2) is 6.04 Å². The van der Waals surface area contributed by atoms with Gasteiger partial charge in [-0.3, -0.25) is 0 Å². The van der Waals surface area contributed by atoms with Crippen molar-refractivity contribution < 1.29 is 0 Å². The highest BCUT2D eigenvalue weighted by atomic mass is 35.5. The van der Waals surface area contributed by atoms with Crippen LogP contribution >= 0.6 is 23.2 Å². The van der Waals surface area contributed by atoms with Crippen LogP contribution in [0.5, 0.6) is 0 Å². The Bertz CT molecular complexity index is 291. The van der Waals surface area contributed by atoms with Crippen molar-refractivity contribution in [3.8, 4) is 0 Å². The molecule has 2 N–H and O–H groups in total. The van der Waals surface area contributed by atoms with E-state index in [-0.39, 0.29) is 6.04 Å². The Hall–Kier alpha value is -0.240. The average Bonchev–Trinajstić information content (AvgIpc) is 2.67. The summed E-state index contributed by atoms with van der Waals surface area (Å²) in [4.78, 5) is 0. The fourth-order valence-electron chi connectivity index (χ4n) is 1.41. The zero-order valence-electron chi connectivity index (χ0n) is 6.43. The van der Waals surface area contributed by atoms with Gasteiger partial charge >= 0.3 is 0 Å². The molecule has 2 rings (SSSR count). The van der Waals surface area contributed by atoms with Crippen LogP contribution in [0.4, 0.5) is 0 Å². The van der Waals surface area contributed by atoms with Crippen molar-refractivity contribution in [2.24, 2.45) is 5.73 Å². The molecular weight excluding hydrogens is 193 g/mol. The summed E-state index contributed by atoms with van der Waals surface area (Å²) in [5.41, 5.74) is 6.74. The lowest BCUT2D eigenvalue weighted by atomic mass is 10.1. The summed E-state index contributed by atoms with van der Waals surface area (Å²) in [6.45, 7) is 0. The molecule has 1 nitrogen and oxygen atoms in total. The van der Waals surface area contributed by atoms with Gasteiger partial charge in [0.25, 0.3) is 0 Å². The summed E-state index contributed by atoms with van der Waals surface area (Å²) >= 11 is 12.0. The molecule has 12 heavy (non-hydrogen) atoms. The van der Waals surface area contributed by atoms with Gasteiger partial charge in [0.05, 0.1) is 0 Å². The smallest absolute Gasteiger partial charge is 0.0456 e. The predicted octanol–water partition coefficient (Wildman–Crippen LogP) is 2.81. The maximum absolute atomic E-state index is 5.99. The SMILES string of the molecule is N[C@@H]1C[C@@H]1c1c(Cl)cccc1Cl. The summed E-state index contributed by atoms with van der Waals surface area (Å²) in [5.74, 6) is 0.381. The van der Waals surface area contributed by atoms with Crippen LogP contribution in [0.15, 0.2) is 18.2 Å². The Morgan fingerprint density at radius 2 is 1.75 bits per heavy atom. The van der Waals surface area contributed by atoms with E-state index in [9.17, 15) is 0 Å². The topological polar surface area (TPSA) is 26.0 Å². The van der Waals surface area contributed by atoms with Crippen LogP contribution in [-0.2, 0) is 0 Å². The predicted molar refractivity (Wildman–Crippen MR) is 51.8 cm³/mol. The van der Waals surface area contributed by atoms with Gasteiger partial charge < -0.3 is 5.73 Å². The molecule has 0 heterocycles. The second-order valence-corrected chi connectivity index (χ2v) is 3.96. The number of halogens is 2. The molecule has 0 aromatic heterocycles. The molecule has 1 aromatic carbocycles. The average molecular weight is 202 g/mol. The third-order valence-corrected chi connectivity index (χ3v) is 2.87. The molecule has 1 fully saturated rings. The molecule has 1 aromatic rings. The van der Waals surface area contributed by atoms with Crippen LogP contribution in [0.3, 0.4) is 0 Å². The largest absolute Gasteiger partial charge is 0.327 e. The molecule has 0 spiro atoms. The first-order chi connectivity index (χ1) is 5.70. The van der Waals surface area contributed by atoms with Crippen molar-refractivity contribution in [1.82, 2.24) is 0 Å². The number of rotatable bonds is 1. The Balaban J connectivity index is 2.41. The van der Waals surface area contributed by atoms with Crippen molar-refractivity contribution in [1.29, 1.82) is 0 Å². The summed E-state index contributed by atoms with van der Waals surface area (Å²) in [6, 6.07) is 5.81. The standard InChI is InChI=1S/C9H9Cl2N/c10-6-2-1-3-7(11)9(6)5-4-8(5)12/h1-3,5,8H,4,12H2/t5-,8+/m0/s1. The van der Waals surface area contributed by atoms with E-state index in [4.69, 9.17) is 28.9 Å². The van der Waals surface area contributed by atoms with E-state index >= 15 is 0 Å². The van der Waals surface area contributed by atoms with Crippen molar-refractivity contribution in [2.75, 3.05) is 0 Å². The highest BCUT2D eigenvalue weighted by Crippen LogP contribution is 2.45. The van der Waals surface area contributed by atoms with Crippen LogP contribution in [0.1, 0.15) is 17.9 Å². The monoisotopic (exact) mass is 201 g/mol. The lowest BCUT2D eigenvalue weighted by Gasteiger charge is -2.04. The minimum atomic E-state index is 0.252. The van der Waals surface area contributed by atoms with Gasteiger partial charge in [-0.2, -0.15) is 0 Å². The summed E-state index contributed by atoms with van der Waals surface area (Å²) in [5, 5.41) is 1.47. The molecule has 0 amide bonds. The van der Waals surface area contributed by atoms with Crippen LogP contribution in [0.2, 0.25) is 10.0 Å². The van der Waals surface area contributed by atoms with E-state index in [0.717, 1.165) is 22.0 Å². The Morgan fingerprint density at radius 1 is 1.25 bits per heavy atom. The zero-order chi connectivity index (χ0) is 8.72. The second kappa shape index (κ2) is 2.91. The molecule has 0 radical (unpaired) electrons. The second-order valence-electron chi connectivity index (χ2n) is 3.14. The third-order valence-electron chi connectivity index (χ3n) is 2.21. The van der Waals surface area contributed by atoms with Crippen LogP contribution in [0.25, 0.3) is 0 Å². The fraction of sp³-hybridized carbons (Fsp3) is 0.333. The van der Waals surface area contributed by atoms with Crippen molar-refractivity contribution in [2.45, 2.75) is 18.4 Å². The molecule has 0 saturated heterocycles. The Kier molecular flexibility index (Phi) is 2.03. The van der Waals surface area contributed by atoms with Crippen molar-refractivity contribution in [3.63, 3.8) is 0 Å².